The molecule has 0 aromatic heterocycles. The normalized spacial score (nSPS) is 24.7. The number of methoxy groups -OCH3 is 1. The van der Waals surface area contributed by atoms with Gasteiger partial charge in [0, 0.05) is 5.57 Å². The first kappa shape index (κ1) is 15.6. The smallest absolute Gasteiger partial charge is 0.379 e. The molecule has 1 aliphatic carbocycles. The molecule has 2 rings (SSSR count). The summed E-state index contributed by atoms with van der Waals surface area (Å²) < 4.78 is 9.93. The van der Waals surface area contributed by atoms with Crippen molar-refractivity contribution in [1.29, 1.82) is 0 Å². The molecule has 0 atom stereocenters. The molecule has 0 saturated carbocycles. The average Bonchev–Trinajstić information content (AvgIpc) is 2.74. The van der Waals surface area contributed by atoms with Gasteiger partial charge in [-0.3, -0.25) is 0 Å². The van der Waals surface area contributed by atoms with Crippen molar-refractivity contribution in [3.8, 4) is 0 Å². The van der Waals surface area contributed by atoms with E-state index >= 15 is 0 Å². The zero-order chi connectivity index (χ0) is 15.2. The molecule has 2 aliphatic rings. The van der Waals surface area contributed by atoms with Gasteiger partial charge in [0.2, 0.25) is 5.76 Å². The Labute approximate surface area is 124 Å². The van der Waals surface area contributed by atoms with Gasteiger partial charge >= 0.3 is 11.9 Å². The number of hydrogen-bond donors (Lipinski definition) is 1. The minimum Gasteiger partial charge on any atom is -0.502 e. The number of allylic oxidation sites excluding steroid dienone is 1. The van der Waals surface area contributed by atoms with Crippen LogP contribution >= 0.6 is 0 Å². The zero-order valence-corrected chi connectivity index (χ0v) is 12.4. The third-order valence-electron chi connectivity index (χ3n) is 4.01. The molecule has 5 heteroatoms. The van der Waals surface area contributed by atoms with Crippen molar-refractivity contribution >= 4 is 11.9 Å². The van der Waals surface area contributed by atoms with E-state index in [9.17, 15) is 14.7 Å². The van der Waals surface area contributed by atoms with Crippen LogP contribution in [-0.4, -0.2) is 24.2 Å². The van der Waals surface area contributed by atoms with E-state index in [1.807, 2.05) is 0 Å². The Morgan fingerprint density at radius 1 is 1.05 bits per heavy atom. The first-order chi connectivity index (χ1) is 10.1. The van der Waals surface area contributed by atoms with Crippen LogP contribution < -0.4 is 0 Å². The van der Waals surface area contributed by atoms with Gasteiger partial charge in [0.05, 0.1) is 12.7 Å². The van der Waals surface area contributed by atoms with Crippen LogP contribution in [0.1, 0.15) is 57.8 Å². The number of fused-ring (bicyclic) bond motifs is 1. The zero-order valence-electron chi connectivity index (χ0n) is 12.4. The van der Waals surface area contributed by atoms with E-state index in [1.54, 1.807) is 0 Å². The first-order valence-electron chi connectivity index (χ1n) is 7.61. The topological polar surface area (TPSA) is 72.8 Å². The van der Waals surface area contributed by atoms with Gasteiger partial charge in [0.1, 0.15) is 5.76 Å². The SMILES string of the molecule is COC(=O)/C1=C2\OC(=O)C(O)=C2CCCCCCCCC1. The molecule has 0 radical (unpaired) electrons. The monoisotopic (exact) mass is 294 g/mol. The van der Waals surface area contributed by atoms with Crippen LogP contribution in [0.15, 0.2) is 22.7 Å². The third-order valence-corrected chi connectivity index (χ3v) is 4.01. The van der Waals surface area contributed by atoms with E-state index in [4.69, 9.17) is 9.47 Å². The molecular weight excluding hydrogens is 272 g/mol. The number of ether oxygens (including phenoxy) is 2. The Bertz CT molecular complexity index is 487. The van der Waals surface area contributed by atoms with Crippen LogP contribution in [0.2, 0.25) is 0 Å². The minimum absolute atomic E-state index is 0.227. The Morgan fingerprint density at radius 3 is 2.24 bits per heavy atom. The van der Waals surface area contributed by atoms with Gasteiger partial charge in [-0.2, -0.15) is 0 Å². The molecule has 0 amide bonds. The lowest BCUT2D eigenvalue weighted by Gasteiger charge is -2.12. The van der Waals surface area contributed by atoms with Gasteiger partial charge in [0.25, 0.3) is 0 Å². The highest BCUT2D eigenvalue weighted by molar-refractivity contribution is 5.96. The van der Waals surface area contributed by atoms with Crippen molar-refractivity contribution in [3.05, 3.63) is 22.7 Å². The number of aliphatic hydroxyl groups is 1. The molecule has 5 nitrogen and oxygen atoms in total. The second-order valence-corrected chi connectivity index (χ2v) is 5.49. The molecule has 0 fully saturated rings. The Hall–Kier alpha value is -1.78. The maximum Gasteiger partial charge on any atom is 0.379 e. The van der Waals surface area contributed by atoms with Crippen LogP contribution in [-0.2, 0) is 19.1 Å². The van der Waals surface area contributed by atoms with Crippen LogP contribution in [0.5, 0.6) is 0 Å². The van der Waals surface area contributed by atoms with E-state index in [0.717, 1.165) is 38.5 Å². The molecule has 0 saturated heterocycles. The number of aliphatic hydroxyl groups excluding tert-OH is 1. The number of carbonyl (C=O) groups is 2. The molecular formula is C16H22O5. The quantitative estimate of drug-likeness (QED) is 0.751. The maximum atomic E-state index is 12.0. The largest absolute Gasteiger partial charge is 0.502 e. The van der Waals surface area contributed by atoms with Gasteiger partial charge < -0.3 is 14.6 Å². The molecule has 1 aliphatic heterocycles. The molecule has 116 valence electrons. The van der Waals surface area contributed by atoms with Crippen molar-refractivity contribution in [3.63, 3.8) is 0 Å². The Balaban J connectivity index is 2.35. The van der Waals surface area contributed by atoms with Crippen molar-refractivity contribution in [1.82, 2.24) is 0 Å². The minimum atomic E-state index is -0.767. The number of rotatable bonds is 1. The van der Waals surface area contributed by atoms with E-state index in [2.05, 4.69) is 0 Å². The fraction of sp³-hybridized carbons (Fsp3) is 0.625. The average molecular weight is 294 g/mol. The lowest BCUT2D eigenvalue weighted by atomic mass is 9.96. The summed E-state index contributed by atoms with van der Waals surface area (Å²) in [6, 6.07) is 0. The summed E-state index contributed by atoms with van der Waals surface area (Å²) in [6.45, 7) is 0. The lowest BCUT2D eigenvalue weighted by molar-refractivity contribution is -0.137. The molecule has 0 spiro atoms. The second kappa shape index (κ2) is 7.29. The third kappa shape index (κ3) is 3.65. The highest BCUT2D eigenvalue weighted by Crippen LogP contribution is 2.34. The van der Waals surface area contributed by atoms with Crippen molar-refractivity contribution < 1.29 is 24.2 Å². The van der Waals surface area contributed by atoms with Crippen LogP contribution in [0.25, 0.3) is 0 Å². The first-order valence-corrected chi connectivity index (χ1v) is 7.61. The molecule has 0 unspecified atom stereocenters. The molecule has 1 N–H and O–H groups in total. The van der Waals surface area contributed by atoms with E-state index in [0.29, 0.717) is 24.0 Å². The van der Waals surface area contributed by atoms with Gasteiger partial charge in [-0.05, 0) is 25.7 Å². The van der Waals surface area contributed by atoms with Gasteiger partial charge in [-0.25, -0.2) is 9.59 Å². The number of carbonyl (C=O) groups excluding carboxylic acids is 2. The van der Waals surface area contributed by atoms with Crippen molar-refractivity contribution in [2.45, 2.75) is 57.8 Å². The van der Waals surface area contributed by atoms with Crippen LogP contribution in [0.3, 0.4) is 0 Å². The standard InChI is InChI=1S/C16H22O5/c1-20-15(18)12-10-8-6-4-2-3-5-7-9-11-13(17)16(19)21-14(11)12/h17H,2-10H2,1H3/b14-12-. The number of hydrogen-bond acceptors (Lipinski definition) is 5. The van der Waals surface area contributed by atoms with Crippen LogP contribution in [0.4, 0.5) is 0 Å². The summed E-state index contributed by atoms with van der Waals surface area (Å²) in [5.41, 5.74) is 0.825. The van der Waals surface area contributed by atoms with Gasteiger partial charge in [-0.15, -0.1) is 0 Å². The summed E-state index contributed by atoms with van der Waals surface area (Å²) in [5, 5.41) is 9.89. The Morgan fingerprint density at radius 2 is 1.62 bits per heavy atom. The fourth-order valence-corrected chi connectivity index (χ4v) is 2.83. The highest BCUT2D eigenvalue weighted by Gasteiger charge is 2.33. The molecule has 0 aromatic carbocycles. The van der Waals surface area contributed by atoms with E-state index in [1.165, 1.54) is 13.5 Å². The predicted octanol–water partition coefficient (Wildman–Crippen LogP) is 3.31. The fourth-order valence-electron chi connectivity index (χ4n) is 2.83. The van der Waals surface area contributed by atoms with E-state index in [-0.39, 0.29) is 11.5 Å². The van der Waals surface area contributed by atoms with Crippen LogP contribution in [0, 0.1) is 0 Å². The summed E-state index contributed by atoms with van der Waals surface area (Å²) in [6.07, 6.45) is 8.35. The molecule has 21 heavy (non-hydrogen) atoms. The maximum absolute atomic E-state index is 12.0. The van der Waals surface area contributed by atoms with Gasteiger partial charge in [-0.1, -0.05) is 32.1 Å². The molecule has 1 heterocycles. The van der Waals surface area contributed by atoms with Crippen molar-refractivity contribution in [2.24, 2.45) is 0 Å². The Kier molecular flexibility index (Phi) is 5.42. The second-order valence-electron chi connectivity index (χ2n) is 5.49. The predicted molar refractivity (Wildman–Crippen MR) is 76.3 cm³/mol. The molecule has 0 bridgehead atoms. The molecule has 0 aromatic rings. The summed E-state index contributed by atoms with van der Waals surface area (Å²) in [4.78, 5) is 23.6. The summed E-state index contributed by atoms with van der Waals surface area (Å²) >= 11 is 0. The van der Waals surface area contributed by atoms with E-state index < -0.39 is 11.9 Å². The summed E-state index contributed by atoms with van der Waals surface area (Å²) in [7, 11) is 1.31. The lowest BCUT2D eigenvalue weighted by Crippen LogP contribution is -2.10. The number of esters is 2. The highest BCUT2D eigenvalue weighted by atomic mass is 16.6. The van der Waals surface area contributed by atoms with Gasteiger partial charge in [0.15, 0.2) is 0 Å². The van der Waals surface area contributed by atoms with Crippen molar-refractivity contribution in [2.75, 3.05) is 7.11 Å². The summed E-state index contributed by atoms with van der Waals surface area (Å²) in [5.74, 6) is -1.38.